The second kappa shape index (κ2) is 4.65. The maximum absolute atomic E-state index is 5.76. The largest absolute Gasteiger partial charge is 0.481 e. The molecular weight excluding hydrogens is 230 g/mol. The van der Waals surface area contributed by atoms with E-state index in [4.69, 9.17) is 22.7 Å². The lowest BCUT2D eigenvalue weighted by Gasteiger charge is -2.26. The molecule has 94 valence electrons. The number of nitrogens with two attached hydrogens (primary N) is 1. The Morgan fingerprint density at radius 2 is 1.53 bits per heavy atom. The van der Waals surface area contributed by atoms with Gasteiger partial charge in [0.05, 0.1) is 0 Å². The summed E-state index contributed by atoms with van der Waals surface area (Å²) < 4.78 is 5.76. The number of rotatable bonds is 3. The predicted octanol–water partition coefficient (Wildman–Crippen LogP) is 3.43. The first-order valence-corrected chi connectivity index (χ1v) is 6.13. The van der Waals surface area contributed by atoms with E-state index in [0.717, 1.165) is 5.75 Å². The smallest absolute Gasteiger partial charge is 0.153 e. The van der Waals surface area contributed by atoms with Gasteiger partial charge in [0.25, 0.3) is 0 Å². The molecule has 0 amide bonds. The molecule has 0 aliphatic rings. The second-order valence-corrected chi connectivity index (χ2v) is 6.19. The Kier molecular flexibility index (Phi) is 3.82. The minimum Gasteiger partial charge on any atom is -0.481 e. The molecule has 0 atom stereocenters. The summed E-state index contributed by atoms with van der Waals surface area (Å²) in [6.07, 6.45) is 0. The van der Waals surface area contributed by atoms with Gasteiger partial charge in [-0.1, -0.05) is 45.1 Å². The van der Waals surface area contributed by atoms with Crippen LogP contribution in [0.5, 0.6) is 5.75 Å². The lowest BCUT2D eigenvalue weighted by atomic mass is 9.87. The normalized spacial score (nSPS) is 12.3. The first kappa shape index (κ1) is 14.0. The molecule has 0 saturated carbocycles. The topological polar surface area (TPSA) is 35.2 Å². The lowest BCUT2D eigenvalue weighted by Crippen LogP contribution is -2.42. The van der Waals surface area contributed by atoms with E-state index in [2.05, 4.69) is 32.9 Å². The van der Waals surface area contributed by atoms with Crippen LogP contribution in [0.1, 0.15) is 40.2 Å². The zero-order valence-electron chi connectivity index (χ0n) is 11.2. The molecular formula is C14H21NOS. The Morgan fingerprint density at radius 3 is 1.88 bits per heavy atom. The fourth-order valence-corrected chi connectivity index (χ4v) is 1.41. The van der Waals surface area contributed by atoms with Gasteiger partial charge in [-0.2, -0.15) is 0 Å². The molecule has 0 aliphatic carbocycles. The van der Waals surface area contributed by atoms with Gasteiger partial charge in [-0.3, -0.25) is 0 Å². The average Bonchev–Trinajstić information content (AvgIpc) is 2.16. The van der Waals surface area contributed by atoms with Crippen molar-refractivity contribution in [1.82, 2.24) is 0 Å². The molecule has 0 bridgehead atoms. The highest BCUT2D eigenvalue weighted by molar-refractivity contribution is 7.80. The van der Waals surface area contributed by atoms with Crippen molar-refractivity contribution in [3.63, 3.8) is 0 Å². The molecule has 2 nitrogen and oxygen atoms in total. The van der Waals surface area contributed by atoms with Crippen LogP contribution >= 0.6 is 12.2 Å². The zero-order chi connectivity index (χ0) is 13.3. The van der Waals surface area contributed by atoms with Crippen molar-refractivity contribution in [2.24, 2.45) is 5.73 Å². The van der Waals surface area contributed by atoms with Gasteiger partial charge in [-0.15, -0.1) is 0 Å². The van der Waals surface area contributed by atoms with Crippen LogP contribution in [0.2, 0.25) is 0 Å². The number of ether oxygens (including phenoxy) is 1. The molecule has 0 heterocycles. The summed E-state index contributed by atoms with van der Waals surface area (Å²) in [5.41, 5.74) is 6.44. The summed E-state index contributed by atoms with van der Waals surface area (Å²) in [7, 11) is 0. The highest BCUT2D eigenvalue weighted by atomic mass is 32.1. The number of benzene rings is 1. The molecule has 0 unspecified atom stereocenters. The average molecular weight is 251 g/mol. The van der Waals surface area contributed by atoms with Crippen molar-refractivity contribution >= 4 is 17.2 Å². The molecule has 0 spiro atoms. The van der Waals surface area contributed by atoms with Crippen LogP contribution in [0.15, 0.2) is 24.3 Å². The van der Waals surface area contributed by atoms with Crippen LogP contribution in [0.4, 0.5) is 0 Å². The summed E-state index contributed by atoms with van der Waals surface area (Å²) in [6, 6.07) is 8.07. The third-order valence-electron chi connectivity index (χ3n) is 2.69. The van der Waals surface area contributed by atoms with E-state index in [1.165, 1.54) is 5.56 Å². The van der Waals surface area contributed by atoms with Crippen LogP contribution in [-0.2, 0) is 5.41 Å². The molecule has 1 aromatic carbocycles. The highest BCUT2D eigenvalue weighted by Gasteiger charge is 2.23. The molecule has 0 aliphatic heterocycles. The van der Waals surface area contributed by atoms with Gasteiger partial charge in [-0.05, 0) is 37.0 Å². The summed E-state index contributed by atoms with van der Waals surface area (Å²) in [5.74, 6) is 0.788. The Labute approximate surface area is 109 Å². The van der Waals surface area contributed by atoms with E-state index in [0.29, 0.717) is 4.99 Å². The first-order chi connectivity index (χ1) is 7.63. The fraction of sp³-hybridized carbons (Fsp3) is 0.500. The summed E-state index contributed by atoms with van der Waals surface area (Å²) >= 11 is 4.97. The quantitative estimate of drug-likeness (QED) is 0.836. The molecule has 0 radical (unpaired) electrons. The van der Waals surface area contributed by atoms with Crippen LogP contribution in [-0.4, -0.2) is 10.6 Å². The lowest BCUT2D eigenvalue weighted by molar-refractivity contribution is 0.184. The van der Waals surface area contributed by atoms with Crippen LogP contribution in [0.3, 0.4) is 0 Å². The molecule has 1 aromatic rings. The van der Waals surface area contributed by atoms with Crippen molar-refractivity contribution in [1.29, 1.82) is 0 Å². The Hall–Kier alpha value is -1.09. The van der Waals surface area contributed by atoms with Gasteiger partial charge >= 0.3 is 0 Å². The van der Waals surface area contributed by atoms with Crippen molar-refractivity contribution in [2.45, 2.75) is 45.6 Å². The predicted molar refractivity (Wildman–Crippen MR) is 76.6 cm³/mol. The number of thiocarbonyl (C=S) groups is 1. The highest BCUT2D eigenvalue weighted by Crippen LogP contribution is 2.26. The van der Waals surface area contributed by atoms with Crippen LogP contribution in [0, 0.1) is 0 Å². The molecule has 1 rings (SSSR count). The molecule has 3 heteroatoms. The third kappa shape index (κ3) is 3.70. The number of hydrogen-bond acceptors (Lipinski definition) is 2. The van der Waals surface area contributed by atoms with Crippen molar-refractivity contribution in [3.05, 3.63) is 29.8 Å². The SMILES string of the molecule is CC(C)(Oc1ccc(C(C)(C)C)cc1)C(N)=S. The van der Waals surface area contributed by atoms with Gasteiger partial charge < -0.3 is 10.5 Å². The summed E-state index contributed by atoms with van der Waals surface area (Å²) in [5, 5.41) is 0. The van der Waals surface area contributed by atoms with Crippen LogP contribution < -0.4 is 10.5 Å². The minimum absolute atomic E-state index is 0.150. The van der Waals surface area contributed by atoms with E-state index >= 15 is 0 Å². The summed E-state index contributed by atoms with van der Waals surface area (Å²) in [4.78, 5) is 0.359. The second-order valence-electron chi connectivity index (χ2n) is 5.75. The van der Waals surface area contributed by atoms with Crippen molar-refractivity contribution < 1.29 is 4.74 Å². The molecule has 0 aromatic heterocycles. The molecule has 0 saturated heterocycles. The first-order valence-electron chi connectivity index (χ1n) is 5.72. The monoisotopic (exact) mass is 251 g/mol. The van der Waals surface area contributed by atoms with E-state index in [9.17, 15) is 0 Å². The van der Waals surface area contributed by atoms with Crippen molar-refractivity contribution in [2.75, 3.05) is 0 Å². The Bertz CT molecular complexity index is 401. The van der Waals surface area contributed by atoms with Gasteiger partial charge in [0.15, 0.2) is 5.60 Å². The Morgan fingerprint density at radius 1 is 1.06 bits per heavy atom. The standard InChI is InChI=1S/C14H21NOS/c1-13(2,3)10-6-8-11(9-7-10)16-14(4,5)12(15)17/h6-9H,1-5H3,(H2,15,17). The maximum Gasteiger partial charge on any atom is 0.153 e. The van der Waals surface area contributed by atoms with E-state index < -0.39 is 5.60 Å². The van der Waals surface area contributed by atoms with Crippen LogP contribution in [0.25, 0.3) is 0 Å². The van der Waals surface area contributed by atoms with Crippen molar-refractivity contribution in [3.8, 4) is 5.75 Å². The van der Waals surface area contributed by atoms with Gasteiger partial charge in [0, 0.05) is 0 Å². The van der Waals surface area contributed by atoms with E-state index in [1.54, 1.807) is 0 Å². The van der Waals surface area contributed by atoms with Gasteiger partial charge in [0.2, 0.25) is 0 Å². The Balaban J connectivity index is 2.86. The number of hydrogen-bond donors (Lipinski definition) is 1. The van der Waals surface area contributed by atoms with E-state index in [-0.39, 0.29) is 5.41 Å². The van der Waals surface area contributed by atoms with Gasteiger partial charge in [-0.25, -0.2) is 0 Å². The molecule has 17 heavy (non-hydrogen) atoms. The minimum atomic E-state index is -0.613. The summed E-state index contributed by atoms with van der Waals surface area (Å²) in [6.45, 7) is 10.3. The maximum atomic E-state index is 5.76. The third-order valence-corrected chi connectivity index (χ3v) is 3.18. The van der Waals surface area contributed by atoms with E-state index in [1.807, 2.05) is 26.0 Å². The fourth-order valence-electron chi connectivity index (χ4n) is 1.37. The molecule has 2 N–H and O–H groups in total. The molecule has 0 fully saturated rings. The zero-order valence-corrected chi connectivity index (χ0v) is 12.0. The van der Waals surface area contributed by atoms with Gasteiger partial charge in [0.1, 0.15) is 10.7 Å².